The minimum atomic E-state index is -0.0348. The highest BCUT2D eigenvalue weighted by Gasteiger charge is 2.26. The molecule has 1 aromatic heterocycles. The van der Waals surface area contributed by atoms with Crippen molar-refractivity contribution in [3.05, 3.63) is 40.1 Å². The second-order valence-corrected chi connectivity index (χ2v) is 8.70. The summed E-state index contributed by atoms with van der Waals surface area (Å²) >= 11 is 1.75. The molecule has 0 saturated carbocycles. The van der Waals surface area contributed by atoms with Crippen LogP contribution in [0.15, 0.2) is 29.6 Å². The number of hydrogen-bond donors (Lipinski definition) is 1. The Morgan fingerprint density at radius 2 is 1.87 bits per heavy atom. The lowest BCUT2D eigenvalue weighted by molar-refractivity contribution is -0.120. The third-order valence-corrected chi connectivity index (χ3v) is 6.73. The highest BCUT2D eigenvalue weighted by molar-refractivity contribution is 7.10. The Hall–Kier alpha value is -2.25. The Kier molecular flexibility index (Phi) is 7.99. The van der Waals surface area contributed by atoms with Crippen molar-refractivity contribution in [3.8, 4) is 17.2 Å². The molecule has 3 rings (SSSR count). The number of methoxy groups -OCH3 is 3. The van der Waals surface area contributed by atoms with E-state index < -0.39 is 0 Å². The van der Waals surface area contributed by atoms with Crippen LogP contribution in [0.4, 0.5) is 0 Å². The summed E-state index contributed by atoms with van der Waals surface area (Å²) in [6.45, 7) is 5.06. The van der Waals surface area contributed by atoms with E-state index in [9.17, 15) is 4.79 Å². The number of thiophene rings is 1. The van der Waals surface area contributed by atoms with Gasteiger partial charge in [0.05, 0.1) is 33.8 Å². The topological polar surface area (TPSA) is 60.0 Å². The van der Waals surface area contributed by atoms with Crippen molar-refractivity contribution in [3.63, 3.8) is 0 Å². The van der Waals surface area contributed by atoms with Crippen LogP contribution in [-0.4, -0.2) is 51.8 Å². The van der Waals surface area contributed by atoms with Crippen LogP contribution in [0.5, 0.6) is 17.2 Å². The maximum absolute atomic E-state index is 12.8. The van der Waals surface area contributed by atoms with Gasteiger partial charge in [-0.3, -0.25) is 9.69 Å². The zero-order chi connectivity index (χ0) is 21.5. The van der Waals surface area contributed by atoms with Gasteiger partial charge in [-0.1, -0.05) is 19.1 Å². The molecule has 2 aromatic rings. The molecule has 1 saturated heterocycles. The number of piperidine rings is 1. The lowest BCUT2D eigenvalue weighted by atomic mass is 9.97. The van der Waals surface area contributed by atoms with E-state index in [1.807, 2.05) is 6.07 Å². The number of amides is 1. The fourth-order valence-electron chi connectivity index (χ4n) is 3.98. The summed E-state index contributed by atoms with van der Waals surface area (Å²) in [5, 5.41) is 5.25. The number of ether oxygens (including phenoxy) is 3. The molecule has 6 nitrogen and oxygen atoms in total. The average Bonchev–Trinajstić information content (AvgIpc) is 3.29. The molecule has 0 spiro atoms. The Balaban J connectivity index is 1.68. The van der Waals surface area contributed by atoms with Crippen molar-refractivity contribution in [2.24, 2.45) is 5.92 Å². The fraction of sp³-hybridized carbons (Fsp3) is 0.522. The highest BCUT2D eigenvalue weighted by Crippen LogP contribution is 2.40. The minimum Gasteiger partial charge on any atom is -0.493 e. The van der Waals surface area contributed by atoms with Gasteiger partial charge in [0.2, 0.25) is 11.7 Å². The molecule has 1 N–H and O–H groups in total. The lowest BCUT2D eigenvalue weighted by Crippen LogP contribution is -2.42. The maximum atomic E-state index is 12.8. The second-order valence-electron chi connectivity index (χ2n) is 7.72. The minimum absolute atomic E-state index is 0.0348. The van der Waals surface area contributed by atoms with E-state index in [-0.39, 0.29) is 18.4 Å². The Morgan fingerprint density at radius 1 is 1.13 bits per heavy atom. The average molecular weight is 433 g/mol. The van der Waals surface area contributed by atoms with Crippen molar-refractivity contribution in [2.75, 3.05) is 41.0 Å². The first-order valence-corrected chi connectivity index (χ1v) is 11.3. The first-order chi connectivity index (χ1) is 14.6. The van der Waals surface area contributed by atoms with Crippen LogP contribution >= 0.6 is 11.3 Å². The SMILES string of the molecule is COc1ccc(CC(=O)NCC(c2cccs2)N2CCC(C)CC2)c(OC)c1OC. The lowest BCUT2D eigenvalue weighted by Gasteiger charge is -2.36. The molecule has 2 heterocycles. The standard InChI is InChI=1S/C23H32N2O4S/c1-16-9-11-25(12-10-16)18(20-6-5-13-30-20)15-24-21(26)14-17-7-8-19(27-2)23(29-4)22(17)28-3/h5-8,13,16,18H,9-12,14-15H2,1-4H3,(H,24,26). The van der Waals surface area contributed by atoms with Gasteiger partial charge in [0.1, 0.15) is 0 Å². The molecule has 30 heavy (non-hydrogen) atoms. The van der Waals surface area contributed by atoms with Gasteiger partial charge in [-0.25, -0.2) is 0 Å². The van der Waals surface area contributed by atoms with Gasteiger partial charge in [0, 0.05) is 17.0 Å². The molecule has 0 radical (unpaired) electrons. The van der Waals surface area contributed by atoms with Gasteiger partial charge in [-0.05, 0) is 49.4 Å². The number of carbonyl (C=O) groups is 1. The van der Waals surface area contributed by atoms with Crippen molar-refractivity contribution < 1.29 is 19.0 Å². The number of nitrogens with one attached hydrogen (secondary N) is 1. The van der Waals surface area contributed by atoms with Gasteiger partial charge >= 0.3 is 0 Å². The largest absolute Gasteiger partial charge is 0.493 e. The van der Waals surface area contributed by atoms with Crippen molar-refractivity contribution >= 4 is 17.2 Å². The number of nitrogens with zero attached hydrogens (tertiary/aromatic N) is 1. The smallest absolute Gasteiger partial charge is 0.224 e. The van der Waals surface area contributed by atoms with Crippen LogP contribution in [0.3, 0.4) is 0 Å². The molecule has 7 heteroatoms. The van der Waals surface area contributed by atoms with E-state index in [0.29, 0.717) is 23.8 Å². The van der Waals surface area contributed by atoms with Crippen LogP contribution in [-0.2, 0) is 11.2 Å². The molecule has 0 aliphatic carbocycles. The molecule has 1 aromatic carbocycles. The summed E-state index contributed by atoms with van der Waals surface area (Å²) in [5.74, 6) is 2.36. The number of likely N-dealkylation sites (tertiary alicyclic amines) is 1. The van der Waals surface area contributed by atoms with Gasteiger partial charge in [-0.2, -0.15) is 0 Å². The van der Waals surface area contributed by atoms with E-state index in [1.165, 1.54) is 17.7 Å². The maximum Gasteiger partial charge on any atom is 0.224 e. The number of benzene rings is 1. The Labute approximate surface area is 183 Å². The van der Waals surface area contributed by atoms with Crippen LogP contribution in [0.1, 0.15) is 36.2 Å². The van der Waals surface area contributed by atoms with Crippen molar-refractivity contribution in [1.29, 1.82) is 0 Å². The molecule has 1 aliphatic rings. The van der Waals surface area contributed by atoms with E-state index >= 15 is 0 Å². The first kappa shape index (κ1) is 22.4. The van der Waals surface area contributed by atoms with Crippen LogP contribution < -0.4 is 19.5 Å². The van der Waals surface area contributed by atoms with E-state index in [4.69, 9.17) is 14.2 Å². The molecule has 0 bridgehead atoms. The van der Waals surface area contributed by atoms with Crippen LogP contribution in [0.2, 0.25) is 0 Å². The van der Waals surface area contributed by atoms with Gasteiger partial charge < -0.3 is 19.5 Å². The molecule has 1 amide bonds. The van der Waals surface area contributed by atoms with Crippen molar-refractivity contribution in [2.45, 2.75) is 32.2 Å². The second kappa shape index (κ2) is 10.7. The van der Waals surface area contributed by atoms with E-state index in [0.717, 1.165) is 24.6 Å². The van der Waals surface area contributed by atoms with Crippen LogP contribution in [0, 0.1) is 5.92 Å². The van der Waals surface area contributed by atoms with Gasteiger partial charge in [0.15, 0.2) is 11.5 Å². The molecular formula is C23H32N2O4S. The first-order valence-electron chi connectivity index (χ1n) is 10.4. The highest BCUT2D eigenvalue weighted by atomic mass is 32.1. The summed E-state index contributed by atoms with van der Waals surface area (Å²) in [6.07, 6.45) is 2.63. The summed E-state index contributed by atoms with van der Waals surface area (Å²) in [6, 6.07) is 8.11. The monoisotopic (exact) mass is 432 g/mol. The third-order valence-electron chi connectivity index (χ3n) is 5.76. The van der Waals surface area contributed by atoms with Crippen LogP contribution in [0.25, 0.3) is 0 Å². The summed E-state index contributed by atoms with van der Waals surface area (Å²) < 4.78 is 16.3. The molecule has 1 atom stereocenters. The normalized spacial score (nSPS) is 16.1. The number of carbonyl (C=O) groups excluding carboxylic acids is 1. The van der Waals surface area contributed by atoms with E-state index in [1.54, 1.807) is 38.7 Å². The zero-order valence-electron chi connectivity index (χ0n) is 18.3. The number of hydrogen-bond acceptors (Lipinski definition) is 6. The molecule has 1 fully saturated rings. The van der Waals surface area contributed by atoms with Crippen molar-refractivity contribution in [1.82, 2.24) is 10.2 Å². The predicted molar refractivity (Wildman–Crippen MR) is 120 cm³/mol. The molecule has 1 aliphatic heterocycles. The Bertz CT molecular complexity index is 817. The molecular weight excluding hydrogens is 400 g/mol. The predicted octanol–water partition coefficient (Wildman–Crippen LogP) is 3.91. The van der Waals surface area contributed by atoms with Gasteiger partial charge in [0.25, 0.3) is 0 Å². The van der Waals surface area contributed by atoms with E-state index in [2.05, 4.69) is 34.7 Å². The quantitative estimate of drug-likeness (QED) is 0.651. The Morgan fingerprint density at radius 3 is 2.47 bits per heavy atom. The number of rotatable bonds is 9. The molecule has 164 valence electrons. The fourth-order valence-corrected chi connectivity index (χ4v) is 4.84. The zero-order valence-corrected chi connectivity index (χ0v) is 19.1. The van der Waals surface area contributed by atoms with Gasteiger partial charge in [-0.15, -0.1) is 11.3 Å². The summed E-state index contributed by atoms with van der Waals surface area (Å²) in [5.41, 5.74) is 0.770. The molecule has 1 unspecified atom stereocenters. The third kappa shape index (κ3) is 5.26. The summed E-state index contributed by atoms with van der Waals surface area (Å²) in [7, 11) is 4.72. The summed E-state index contributed by atoms with van der Waals surface area (Å²) in [4.78, 5) is 16.6.